The first-order valence-electron chi connectivity index (χ1n) is 4.59. The highest BCUT2D eigenvalue weighted by Gasteiger charge is 2.18. The Morgan fingerprint density at radius 3 is 2.73 bits per heavy atom. The summed E-state index contributed by atoms with van der Waals surface area (Å²) in [5.74, 6) is -0.517. The number of aliphatic hydroxyl groups excluding tert-OH is 1. The number of ether oxygens (including phenoxy) is 1. The van der Waals surface area contributed by atoms with Crippen molar-refractivity contribution in [3.8, 4) is 5.75 Å². The molecule has 0 saturated carbocycles. The average molecular weight is 210 g/mol. The van der Waals surface area contributed by atoms with E-state index in [0.717, 1.165) is 5.56 Å². The van der Waals surface area contributed by atoms with Gasteiger partial charge in [0, 0.05) is 5.56 Å². The van der Waals surface area contributed by atoms with Crippen LogP contribution < -0.4 is 4.74 Å². The summed E-state index contributed by atoms with van der Waals surface area (Å²) in [5.41, 5.74) is 1.37. The van der Waals surface area contributed by atoms with Crippen molar-refractivity contribution >= 4 is 5.97 Å². The number of hydrogen-bond acceptors (Lipinski definition) is 3. The van der Waals surface area contributed by atoms with Crippen LogP contribution in [0.3, 0.4) is 0 Å². The van der Waals surface area contributed by atoms with Gasteiger partial charge in [-0.05, 0) is 18.6 Å². The quantitative estimate of drug-likeness (QED) is 0.790. The van der Waals surface area contributed by atoms with E-state index in [4.69, 9.17) is 9.84 Å². The Balaban J connectivity index is 3.05. The van der Waals surface area contributed by atoms with Crippen molar-refractivity contribution in [1.82, 2.24) is 0 Å². The van der Waals surface area contributed by atoms with Crippen LogP contribution in [0.5, 0.6) is 5.75 Å². The summed E-state index contributed by atoms with van der Waals surface area (Å²) < 4.78 is 5.08. The minimum absolute atomic E-state index is 0.318. The minimum atomic E-state index is -1.03. The molecule has 4 nitrogen and oxygen atoms in total. The molecule has 0 amide bonds. The standard InChI is InChI=1S/C11H14O4/c1-7-4-3-5-9(15-2)11(7)8(12)6-10(13)14/h3-5,8,12H,6H2,1-2H3,(H,13,14). The van der Waals surface area contributed by atoms with Gasteiger partial charge in [0.05, 0.1) is 19.6 Å². The van der Waals surface area contributed by atoms with E-state index >= 15 is 0 Å². The second-order valence-corrected chi connectivity index (χ2v) is 3.30. The van der Waals surface area contributed by atoms with E-state index in [1.165, 1.54) is 7.11 Å². The highest BCUT2D eigenvalue weighted by Crippen LogP contribution is 2.30. The first kappa shape index (κ1) is 11.5. The molecule has 1 unspecified atom stereocenters. The van der Waals surface area contributed by atoms with Crippen LogP contribution in [0.1, 0.15) is 23.7 Å². The SMILES string of the molecule is COc1cccc(C)c1C(O)CC(=O)O. The van der Waals surface area contributed by atoms with Crippen molar-refractivity contribution in [2.75, 3.05) is 7.11 Å². The highest BCUT2D eigenvalue weighted by atomic mass is 16.5. The second kappa shape index (κ2) is 4.79. The Kier molecular flexibility index (Phi) is 3.68. The van der Waals surface area contributed by atoms with Crippen LogP contribution in [-0.4, -0.2) is 23.3 Å². The van der Waals surface area contributed by atoms with Crippen molar-refractivity contribution < 1.29 is 19.7 Å². The first-order valence-corrected chi connectivity index (χ1v) is 4.59. The molecule has 0 heterocycles. The molecule has 2 N–H and O–H groups in total. The third-order valence-corrected chi connectivity index (χ3v) is 2.21. The maximum Gasteiger partial charge on any atom is 0.306 e. The average Bonchev–Trinajstić information content (AvgIpc) is 2.15. The lowest BCUT2D eigenvalue weighted by Crippen LogP contribution is -2.08. The minimum Gasteiger partial charge on any atom is -0.496 e. The molecule has 0 saturated heterocycles. The van der Waals surface area contributed by atoms with Gasteiger partial charge < -0.3 is 14.9 Å². The van der Waals surface area contributed by atoms with E-state index in [1.807, 2.05) is 13.0 Å². The molecule has 0 radical (unpaired) electrons. The molecule has 0 fully saturated rings. The van der Waals surface area contributed by atoms with Crippen molar-refractivity contribution in [2.45, 2.75) is 19.4 Å². The molecular formula is C11H14O4. The van der Waals surface area contributed by atoms with Crippen LogP contribution in [-0.2, 0) is 4.79 Å². The van der Waals surface area contributed by atoms with Gasteiger partial charge >= 0.3 is 5.97 Å². The van der Waals surface area contributed by atoms with Crippen LogP contribution in [0.15, 0.2) is 18.2 Å². The molecule has 0 aromatic heterocycles. The number of aliphatic hydroxyl groups is 1. The zero-order chi connectivity index (χ0) is 11.4. The van der Waals surface area contributed by atoms with Crippen LogP contribution in [0.4, 0.5) is 0 Å². The molecule has 0 aliphatic heterocycles. The normalized spacial score (nSPS) is 12.2. The Morgan fingerprint density at radius 1 is 1.53 bits per heavy atom. The monoisotopic (exact) mass is 210 g/mol. The Morgan fingerprint density at radius 2 is 2.20 bits per heavy atom. The molecular weight excluding hydrogens is 196 g/mol. The van der Waals surface area contributed by atoms with Gasteiger partial charge in [0.1, 0.15) is 5.75 Å². The van der Waals surface area contributed by atoms with Gasteiger partial charge in [-0.15, -0.1) is 0 Å². The van der Waals surface area contributed by atoms with E-state index in [-0.39, 0.29) is 6.42 Å². The van der Waals surface area contributed by atoms with Crippen molar-refractivity contribution in [3.63, 3.8) is 0 Å². The summed E-state index contributed by atoms with van der Waals surface area (Å²) in [7, 11) is 1.49. The third-order valence-electron chi connectivity index (χ3n) is 2.21. The molecule has 0 aliphatic carbocycles. The summed E-state index contributed by atoms with van der Waals surface area (Å²) in [6, 6.07) is 5.31. The third kappa shape index (κ3) is 2.70. The van der Waals surface area contributed by atoms with Crippen molar-refractivity contribution in [1.29, 1.82) is 0 Å². The summed E-state index contributed by atoms with van der Waals surface area (Å²) in [6.07, 6.45) is -1.35. The topological polar surface area (TPSA) is 66.8 Å². The van der Waals surface area contributed by atoms with E-state index in [9.17, 15) is 9.90 Å². The Hall–Kier alpha value is -1.55. The number of aryl methyl sites for hydroxylation is 1. The van der Waals surface area contributed by atoms with Gasteiger partial charge in [0.15, 0.2) is 0 Å². The largest absolute Gasteiger partial charge is 0.496 e. The van der Waals surface area contributed by atoms with Crippen molar-refractivity contribution in [3.05, 3.63) is 29.3 Å². The Labute approximate surface area is 88.1 Å². The highest BCUT2D eigenvalue weighted by molar-refractivity contribution is 5.68. The lowest BCUT2D eigenvalue weighted by atomic mass is 10.00. The summed E-state index contributed by atoms with van der Waals surface area (Å²) in [5, 5.41) is 18.3. The van der Waals surface area contributed by atoms with Crippen molar-refractivity contribution in [2.24, 2.45) is 0 Å². The van der Waals surface area contributed by atoms with Crippen LogP contribution >= 0.6 is 0 Å². The molecule has 1 rings (SSSR count). The fraction of sp³-hybridized carbons (Fsp3) is 0.364. The number of benzene rings is 1. The molecule has 1 aromatic rings. The first-order chi connectivity index (χ1) is 7.06. The number of hydrogen-bond donors (Lipinski definition) is 2. The number of carbonyl (C=O) groups is 1. The lowest BCUT2D eigenvalue weighted by Gasteiger charge is -2.15. The Bertz CT molecular complexity index is 360. The zero-order valence-corrected chi connectivity index (χ0v) is 8.73. The smallest absolute Gasteiger partial charge is 0.306 e. The molecule has 82 valence electrons. The molecule has 4 heteroatoms. The molecule has 15 heavy (non-hydrogen) atoms. The molecule has 0 spiro atoms. The van der Waals surface area contributed by atoms with E-state index in [0.29, 0.717) is 11.3 Å². The fourth-order valence-corrected chi connectivity index (χ4v) is 1.53. The van der Waals surface area contributed by atoms with E-state index in [2.05, 4.69) is 0 Å². The molecule has 0 bridgehead atoms. The number of rotatable bonds is 4. The molecule has 1 aromatic carbocycles. The van der Waals surface area contributed by atoms with Crippen LogP contribution in [0, 0.1) is 6.92 Å². The van der Waals surface area contributed by atoms with Gasteiger partial charge in [-0.2, -0.15) is 0 Å². The van der Waals surface area contributed by atoms with Crippen LogP contribution in [0.2, 0.25) is 0 Å². The summed E-state index contributed by atoms with van der Waals surface area (Å²) in [4.78, 5) is 10.5. The maximum atomic E-state index is 10.5. The van der Waals surface area contributed by atoms with E-state index < -0.39 is 12.1 Å². The van der Waals surface area contributed by atoms with Gasteiger partial charge in [0.25, 0.3) is 0 Å². The number of carboxylic acids is 1. The van der Waals surface area contributed by atoms with Gasteiger partial charge in [-0.25, -0.2) is 0 Å². The predicted molar refractivity (Wildman–Crippen MR) is 54.9 cm³/mol. The summed E-state index contributed by atoms with van der Waals surface area (Å²) >= 11 is 0. The van der Waals surface area contributed by atoms with Gasteiger partial charge in [0.2, 0.25) is 0 Å². The lowest BCUT2D eigenvalue weighted by molar-refractivity contribution is -0.139. The van der Waals surface area contributed by atoms with Crippen LogP contribution in [0.25, 0.3) is 0 Å². The zero-order valence-electron chi connectivity index (χ0n) is 8.73. The van der Waals surface area contributed by atoms with Gasteiger partial charge in [-0.3, -0.25) is 4.79 Å². The number of carboxylic acid groups (broad SMARTS) is 1. The predicted octanol–water partition coefficient (Wildman–Crippen LogP) is 1.51. The maximum absolute atomic E-state index is 10.5. The second-order valence-electron chi connectivity index (χ2n) is 3.30. The molecule has 1 atom stereocenters. The van der Waals surface area contributed by atoms with E-state index in [1.54, 1.807) is 12.1 Å². The number of methoxy groups -OCH3 is 1. The fourth-order valence-electron chi connectivity index (χ4n) is 1.53. The summed E-state index contributed by atoms with van der Waals surface area (Å²) in [6.45, 7) is 1.81. The molecule has 0 aliphatic rings. The van der Waals surface area contributed by atoms with Gasteiger partial charge in [-0.1, -0.05) is 12.1 Å². The number of aliphatic carboxylic acids is 1.